The zero-order chi connectivity index (χ0) is 21.6. The molecule has 0 saturated carbocycles. The third-order valence-corrected chi connectivity index (χ3v) is 6.01. The molecule has 0 atom stereocenters. The number of benzene rings is 2. The molecule has 2 aromatic carbocycles. The van der Waals surface area contributed by atoms with Crippen LogP contribution in [0, 0.1) is 10.1 Å². The maximum Gasteiger partial charge on any atom is 0.270 e. The Hall–Kier alpha value is -3.28. The number of nitro groups is 1. The van der Waals surface area contributed by atoms with Crippen LogP contribution in [0.25, 0.3) is 23.0 Å². The van der Waals surface area contributed by atoms with Crippen molar-refractivity contribution in [1.82, 2.24) is 0 Å². The fourth-order valence-electron chi connectivity index (χ4n) is 3.02. The van der Waals surface area contributed by atoms with E-state index >= 15 is 0 Å². The van der Waals surface area contributed by atoms with Crippen molar-refractivity contribution < 1.29 is 22.6 Å². The third kappa shape index (κ3) is 3.65. The fraction of sp³-hybridized carbons (Fsp3) is 0. The Balaban J connectivity index is 1.72. The largest absolute Gasteiger partial charge is 0.457 e. The molecule has 1 aromatic heterocycles. The van der Waals surface area contributed by atoms with Gasteiger partial charge in [0, 0.05) is 33.4 Å². The lowest BCUT2D eigenvalue weighted by atomic mass is 10.1. The zero-order valence-electron chi connectivity index (χ0n) is 15.0. The van der Waals surface area contributed by atoms with Crippen LogP contribution in [0.4, 0.5) is 11.4 Å². The summed E-state index contributed by atoms with van der Waals surface area (Å²) in [7, 11) is -3.93. The van der Waals surface area contributed by atoms with Gasteiger partial charge in [0.2, 0.25) is 10.0 Å². The molecule has 3 N–H and O–H groups in total. The highest BCUT2D eigenvalue weighted by atomic mass is 79.9. The molecule has 0 fully saturated rings. The number of non-ortho nitro benzene ring substituents is 1. The molecular weight excluding hydrogens is 478 g/mol. The first-order chi connectivity index (χ1) is 14.1. The Kier molecular flexibility index (Phi) is 4.80. The Bertz CT molecular complexity index is 1360. The molecule has 0 spiro atoms. The fourth-order valence-corrected chi connectivity index (χ4v) is 4.12. The van der Waals surface area contributed by atoms with Crippen molar-refractivity contribution in [2.24, 2.45) is 5.14 Å². The second-order valence-corrected chi connectivity index (χ2v) is 8.80. The Labute approximate surface area is 178 Å². The summed E-state index contributed by atoms with van der Waals surface area (Å²) in [5.74, 6) is 0.362. The van der Waals surface area contributed by atoms with E-state index in [9.17, 15) is 23.3 Å². The summed E-state index contributed by atoms with van der Waals surface area (Å²) in [6.07, 6.45) is 1.48. The average molecular weight is 490 g/mol. The number of nitro benzene ring substituents is 1. The number of amides is 1. The standard InChI is InChI=1S/C19H12BrN3O6S/c20-16-7-10(23(25)26)1-4-13(16)18-6-2-11(29-18)8-15-14-9-12(30(21,27)28)3-5-17(14)22-19(15)24/h1-9H,(H,22,24)(H2,21,27,28)/b15-8-. The van der Waals surface area contributed by atoms with Gasteiger partial charge in [-0.1, -0.05) is 0 Å². The van der Waals surface area contributed by atoms with E-state index in [-0.39, 0.29) is 16.2 Å². The van der Waals surface area contributed by atoms with E-state index in [1.165, 1.54) is 36.4 Å². The lowest BCUT2D eigenvalue weighted by molar-refractivity contribution is -0.384. The summed E-state index contributed by atoms with van der Waals surface area (Å²) in [6.45, 7) is 0. The third-order valence-electron chi connectivity index (χ3n) is 4.44. The van der Waals surface area contributed by atoms with E-state index in [2.05, 4.69) is 21.2 Å². The van der Waals surface area contributed by atoms with Crippen LogP contribution in [0.15, 0.2) is 62.3 Å². The highest BCUT2D eigenvalue weighted by Gasteiger charge is 2.26. The molecule has 0 radical (unpaired) electrons. The second-order valence-electron chi connectivity index (χ2n) is 6.39. The van der Waals surface area contributed by atoms with Gasteiger partial charge >= 0.3 is 0 Å². The number of hydrogen-bond acceptors (Lipinski definition) is 6. The van der Waals surface area contributed by atoms with Gasteiger partial charge in [0.1, 0.15) is 11.5 Å². The molecule has 0 aliphatic carbocycles. The molecule has 30 heavy (non-hydrogen) atoms. The van der Waals surface area contributed by atoms with Gasteiger partial charge < -0.3 is 9.73 Å². The Morgan fingerprint density at radius 1 is 1.10 bits per heavy atom. The number of halogens is 1. The number of nitrogens with one attached hydrogen (secondary N) is 1. The molecular formula is C19H12BrN3O6S. The molecule has 9 nitrogen and oxygen atoms in total. The monoisotopic (exact) mass is 489 g/mol. The molecule has 0 unspecified atom stereocenters. The molecule has 1 aliphatic rings. The summed E-state index contributed by atoms with van der Waals surface area (Å²) in [5.41, 5.74) is 1.60. The van der Waals surface area contributed by atoms with E-state index in [4.69, 9.17) is 9.56 Å². The smallest absolute Gasteiger partial charge is 0.270 e. The summed E-state index contributed by atoms with van der Waals surface area (Å²) in [5, 5.41) is 18.7. The van der Waals surface area contributed by atoms with Gasteiger partial charge in [0.05, 0.1) is 15.4 Å². The van der Waals surface area contributed by atoms with E-state index in [1.807, 2.05) is 0 Å². The van der Waals surface area contributed by atoms with Gasteiger partial charge in [-0.15, -0.1) is 0 Å². The number of hydrogen-bond donors (Lipinski definition) is 2. The first-order valence-corrected chi connectivity index (χ1v) is 10.7. The van der Waals surface area contributed by atoms with Crippen LogP contribution in [0.2, 0.25) is 0 Å². The molecule has 0 saturated heterocycles. The van der Waals surface area contributed by atoms with Gasteiger partial charge in [0.25, 0.3) is 11.6 Å². The van der Waals surface area contributed by atoms with E-state index < -0.39 is 20.9 Å². The quantitative estimate of drug-likeness (QED) is 0.324. The zero-order valence-corrected chi connectivity index (χ0v) is 17.4. The number of furan rings is 1. The van der Waals surface area contributed by atoms with Gasteiger partial charge in [-0.2, -0.15) is 0 Å². The summed E-state index contributed by atoms with van der Waals surface area (Å²) in [4.78, 5) is 22.6. The van der Waals surface area contributed by atoms with Crippen LogP contribution in [-0.4, -0.2) is 19.2 Å². The molecule has 2 heterocycles. The number of nitrogens with zero attached hydrogens (tertiary/aromatic N) is 1. The Morgan fingerprint density at radius 3 is 2.53 bits per heavy atom. The highest BCUT2D eigenvalue weighted by Crippen LogP contribution is 2.36. The van der Waals surface area contributed by atoms with Crippen molar-refractivity contribution in [2.45, 2.75) is 4.90 Å². The average Bonchev–Trinajstić information content (AvgIpc) is 3.25. The predicted molar refractivity (Wildman–Crippen MR) is 113 cm³/mol. The van der Waals surface area contributed by atoms with Crippen molar-refractivity contribution in [1.29, 1.82) is 0 Å². The number of anilines is 1. The van der Waals surface area contributed by atoms with Crippen LogP contribution in [0.3, 0.4) is 0 Å². The van der Waals surface area contributed by atoms with Crippen molar-refractivity contribution >= 4 is 54.9 Å². The molecule has 3 aromatic rings. The number of carbonyl (C=O) groups is 1. The molecule has 152 valence electrons. The topological polar surface area (TPSA) is 146 Å². The second kappa shape index (κ2) is 7.20. The number of nitrogens with two attached hydrogens (primary N) is 1. The van der Waals surface area contributed by atoms with Crippen molar-refractivity contribution in [3.05, 3.63) is 74.4 Å². The van der Waals surface area contributed by atoms with Crippen molar-refractivity contribution in [3.8, 4) is 11.3 Å². The minimum atomic E-state index is -3.93. The summed E-state index contributed by atoms with van der Waals surface area (Å²) < 4.78 is 29.5. The van der Waals surface area contributed by atoms with Crippen molar-refractivity contribution in [3.63, 3.8) is 0 Å². The van der Waals surface area contributed by atoms with E-state index in [0.29, 0.717) is 32.8 Å². The van der Waals surface area contributed by atoms with Crippen LogP contribution in [0.1, 0.15) is 11.3 Å². The number of rotatable bonds is 4. The number of fused-ring (bicyclic) bond motifs is 1. The van der Waals surface area contributed by atoms with Gasteiger partial charge in [-0.05, 0) is 58.4 Å². The van der Waals surface area contributed by atoms with Gasteiger partial charge in [0.15, 0.2) is 0 Å². The lowest BCUT2D eigenvalue weighted by Gasteiger charge is -2.02. The number of primary sulfonamides is 1. The predicted octanol–water partition coefficient (Wildman–Crippen LogP) is 3.76. The minimum absolute atomic E-state index is 0.0654. The van der Waals surface area contributed by atoms with E-state index in [0.717, 1.165) is 0 Å². The minimum Gasteiger partial charge on any atom is -0.457 e. The first kappa shape index (κ1) is 20.0. The van der Waals surface area contributed by atoms with Crippen LogP contribution >= 0.6 is 15.9 Å². The van der Waals surface area contributed by atoms with Gasteiger partial charge in [-0.25, -0.2) is 13.6 Å². The lowest BCUT2D eigenvalue weighted by Crippen LogP contribution is -2.12. The van der Waals surface area contributed by atoms with Crippen LogP contribution < -0.4 is 10.5 Å². The van der Waals surface area contributed by atoms with Gasteiger partial charge in [-0.3, -0.25) is 14.9 Å². The first-order valence-electron chi connectivity index (χ1n) is 8.38. The summed E-state index contributed by atoms with van der Waals surface area (Å²) in [6, 6.07) is 11.7. The molecule has 11 heteroatoms. The number of carbonyl (C=O) groups excluding carboxylic acids is 1. The molecule has 1 aliphatic heterocycles. The SMILES string of the molecule is NS(=O)(=O)c1ccc2c(c1)/C(=C/c1ccc(-c3ccc([N+](=O)[O-])cc3Br)o1)C(=O)N2. The highest BCUT2D eigenvalue weighted by molar-refractivity contribution is 9.10. The molecule has 1 amide bonds. The number of sulfonamides is 1. The molecule has 4 rings (SSSR count). The normalized spacial score (nSPS) is 14.6. The Morgan fingerprint density at radius 2 is 1.87 bits per heavy atom. The maximum absolute atomic E-state index is 12.4. The van der Waals surface area contributed by atoms with Crippen molar-refractivity contribution in [2.75, 3.05) is 5.32 Å². The summed E-state index contributed by atoms with van der Waals surface area (Å²) >= 11 is 3.29. The van der Waals surface area contributed by atoms with Crippen LogP contribution in [-0.2, 0) is 14.8 Å². The molecule has 0 bridgehead atoms. The maximum atomic E-state index is 12.4. The van der Waals surface area contributed by atoms with Crippen LogP contribution in [0.5, 0.6) is 0 Å². The van der Waals surface area contributed by atoms with E-state index in [1.54, 1.807) is 18.2 Å².